The van der Waals surface area contributed by atoms with E-state index in [9.17, 15) is 29.0 Å². The van der Waals surface area contributed by atoms with E-state index >= 15 is 0 Å². The summed E-state index contributed by atoms with van der Waals surface area (Å²) < 4.78 is 33.6. The quantitative estimate of drug-likeness (QED) is 0.222. The molecule has 3 aromatic rings. The first-order valence-corrected chi connectivity index (χ1v) is 14.2. The number of nitrogens with two attached hydrogens (primary N) is 1. The Bertz CT molecular complexity index is 1840. The van der Waals surface area contributed by atoms with Gasteiger partial charge >= 0.3 is 0 Å². The Morgan fingerprint density at radius 1 is 1.14 bits per heavy atom. The molecule has 0 saturated heterocycles. The van der Waals surface area contributed by atoms with Crippen LogP contribution in [0.15, 0.2) is 71.2 Å². The molecule has 1 aliphatic carbocycles. The minimum atomic E-state index is -0.859. The lowest BCUT2D eigenvalue weighted by molar-refractivity contribution is -0.384. The number of nitrogens with zero attached hydrogens (tertiary/aromatic N) is 3. The van der Waals surface area contributed by atoms with Gasteiger partial charge in [-0.3, -0.25) is 19.8 Å². The minimum absolute atomic E-state index is 0.0377. The van der Waals surface area contributed by atoms with Crippen LogP contribution in [0.1, 0.15) is 54.9 Å². The second-order valence-corrected chi connectivity index (χ2v) is 12.3. The van der Waals surface area contributed by atoms with E-state index in [0.717, 1.165) is 34.9 Å². The fourth-order valence-corrected chi connectivity index (χ4v) is 6.31. The normalized spacial score (nSPS) is 17.8. The second-order valence-electron chi connectivity index (χ2n) is 11.9. The molecule has 1 unspecified atom stereocenters. The average molecular weight is 619 g/mol. The van der Waals surface area contributed by atoms with Gasteiger partial charge in [-0.05, 0) is 72.7 Å². The van der Waals surface area contributed by atoms with E-state index in [1.807, 2.05) is 39.8 Å². The van der Waals surface area contributed by atoms with Crippen molar-refractivity contribution >= 4 is 28.8 Å². The fraction of sp³-hybridized carbons (Fsp3) is 0.273. The van der Waals surface area contributed by atoms with Gasteiger partial charge in [0, 0.05) is 17.7 Å². The zero-order chi connectivity index (χ0) is 32.1. The highest BCUT2D eigenvalue weighted by molar-refractivity contribution is 6.32. The van der Waals surface area contributed by atoms with Crippen molar-refractivity contribution in [3.63, 3.8) is 0 Å². The fourth-order valence-electron chi connectivity index (χ4n) is 6.09. The molecule has 44 heavy (non-hydrogen) atoms. The molecule has 8 nitrogen and oxygen atoms in total. The topological polar surface area (TPSA) is 122 Å². The van der Waals surface area contributed by atoms with Crippen molar-refractivity contribution in [2.75, 3.05) is 4.90 Å². The van der Waals surface area contributed by atoms with Gasteiger partial charge in [-0.2, -0.15) is 5.26 Å². The predicted octanol–water partition coefficient (Wildman–Crippen LogP) is 7.66. The Balaban J connectivity index is 1.70. The van der Waals surface area contributed by atoms with Crippen LogP contribution < -0.4 is 15.4 Å². The third-order valence-electron chi connectivity index (χ3n) is 8.04. The molecule has 11 heteroatoms. The number of Topliss-reactive ketones (excluding diaryl/α,β-unsaturated/α-hetero) is 1. The summed E-state index contributed by atoms with van der Waals surface area (Å²) >= 11 is 6.16. The molecule has 1 atom stereocenters. The lowest BCUT2D eigenvalue weighted by atomic mass is 9.68. The Labute approximate surface area is 258 Å². The zero-order valence-corrected chi connectivity index (χ0v) is 25.3. The van der Waals surface area contributed by atoms with Crippen LogP contribution in [-0.2, 0) is 11.4 Å². The number of hydrogen-bond acceptors (Lipinski definition) is 7. The number of allylic oxidation sites excluding steroid dienone is 3. The molecule has 1 heterocycles. The van der Waals surface area contributed by atoms with Crippen molar-refractivity contribution in [1.29, 1.82) is 5.26 Å². The standard InChI is InChI=1S/C33H29ClF2N4O4/c1-17-9-19(16-44-29-8-6-20(35)11-24(29)34)18(2)22(10-17)30-23(15-37)32(38)39(25-7-5-21(36)12-26(25)40(42)43)27-13-33(3,4)14-28(41)31(27)30/h5-12,30H,13-14,16,38H2,1-4H3. The summed E-state index contributed by atoms with van der Waals surface area (Å²) in [5.41, 5.74) is 9.34. The highest BCUT2D eigenvalue weighted by Crippen LogP contribution is 2.52. The van der Waals surface area contributed by atoms with E-state index in [-0.39, 0.29) is 40.9 Å². The van der Waals surface area contributed by atoms with Crippen LogP contribution in [0.3, 0.4) is 0 Å². The third kappa shape index (κ3) is 5.51. The van der Waals surface area contributed by atoms with Crippen LogP contribution in [0.2, 0.25) is 5.02 Å². The molecular formula is C33H29ClF2N4O4. The van der Waals surface area contributed by atoms with Gasteiger partial charge in [0.2, 0.25) is 0 Å². The van der Waals surface area contributed by atoms with Crippen molar-refractivity contribution in [1.82, 2.24) is 0 Å². The van der Waals surface area contributed by atoms with E-state index < -0.39 is 33.6 Å². The third-order valence-corrected chi connectivity index (χ3v) is 8.34. The van der Waals surface area contributed by atoms with E-state index in [0.29, 0.717) is 29.0 Å². The maximum Gasteiger partial charge on any atom is 0.296 e. The average Bonchev–Trinajstić information content (AvgIpc) is 2.93. The monoisotopic (exact) mass is 618 g/mol. The Hall–Kier alpha value is -4.75. The number of halogens is 3. The summed E-state index contributed by atoms with van der Waals surface area (Å²) in [4.78, 5) is 26.6. The molecule has 0 radical (unpaired) electrons. The molecule has 0 bridgehead atoms. The molecule has 0 aromatic heterocycles. The van der Waals surface area contributed by atoms with Gasteiger partial charge in [0.1, 0.15) is 35.5 Å². The number of nitro groups is 1. The number of rotatable bonds is 6. The number of ether oxygens (including phenoxy) is 1. The molecule has 0 amide bonds. The van der Waals surface area contributed by atoms with Crippen LogP contribution >= 0.6 is 11.6 Å². The number of carbonyl (C=O) groups is 1. The maximum absolute atomic E-state index is 14.1. The van der Waals surface area contributed by atoms with Crippen molar-refractivity contribution in [2.45, 2.75) is 53.1 Å². The molecule has 3 aromatic carbocycles. The molecular weight excluding hydrogens is 590 g/mol. The number of benzene rings is 3. The zero-order valence-electron chi connectivity index (χ0n) is 24.5. The first-order chi connectivity index (χ1) is 20.7. The molecule has 5 rings (SSSR count). The number of nitro benzene ring substituents is 1. The predicted molar refractivity (Wildman–Crippen MR) is 162 cm³/mol. The SMILES string of the molecule is Cc1cc(COc2ccc(F)cc2Cl)c(C)c(C2C(C#N)=C(N)N(c3ccc(F)cc3[N+](=O)[O-])C3=C2C(=O)CC(C)(C)C3)c1. The molecule has 2 aliphatic rings. The molecule has 0 fully saturated rings. The van der Waals surface area contributed by atoms with E-state index in [1.54, 1.807) is 0 Å². The van der Waals surface area contributed by atoms with Gasteiger partial charge in [-0.15, -0.1) is 0 Å². The first kappa shape index (κ1) is 30.7. The van der Waals surface area contributed by atoms with Crippen LogP contribution in [0, 0.1) is 52.3 Å². The maximum atomic E-state index is 14.1. The van der Waals surface area contributed by atoms with Crippen molar-refractivity contribution in [2.24, 2.45) is 11.1 Å². The highest BCUT2D eigenvalue weighted by Gasteiger charge is 2.46. The largest absolute Gasteiger partial charge is 0.487 e. The van der Waals surface area contributed by atoms with Crippen molar-refractivity contribution in [3.8, 4) is 11.8 Å². The molecule has 226 valence electrons. The molecule has 1 aliphatic heterocycles. The smallest absolute Gasteiger partial charge is 0.296 e. The van der Waals surface area contributed by atoms with E-state index in [4.69, 9.17) is 22.1 Å². The molecule has 0 spiro atoms. The van der Waals surface area contributed by atoms with Gasteiger partial charge in [0.15, 0.2) is 5.78 Å². The number of nitriles is 1. The van der Waals surface area contributed by atoms with Gasteiger partial charge in [0.25, 0.3) is 5.69 Å². The van der Waals surface area contributed by atoms with Gasteiger partial charge in [-0.25, -0.2) is 8.78 Å². The van der Waals surface area contributed by atoms with Crippen LogP contribution in [0.5, 0.6) is 5.75 Å². The van der Waals surface area contributed by atoms with Crippen LogP contribution in [0.25, 0.3) is 0 Å². The van der Waals surface area contributed by atoms with Crippen molar-refractivity contribution < 1.29 is 23.2 Å². The number of carbonyl (C=O) groups excluding carboxylic acids is 1. The molecule has 2 N–H and O–H groups in total. The highest BCUT2D eigenvalue weighted by atomic mass is 35.5. The van der Waals surface area contributed by atoms with Crippen LogP contribution in [0.4, 0.5) is 20.2 Å². The second kappa shape index (κ2) is 11.4. The number of anilines is 1. The summed E-state index contributed by atoms with van der Waals surface area (Å²) in [6.45, 7) is 7.61. The van der Waals surface area contributed by atoms with Crippen LogP contribution in [-0.4, -0.2) is 10.7 Å². The van der Waals surface area contributed by atoms with E-state index in [2.05, 4.69) is 6.07 Å². The Kier molecular flexibility index (Phi) is 7.95. The van der Waals surface area contributed by atoms with Gasteiger partial charge < -0.3 is 10.5 Å². The number of ketones is 1. The Morgan fingerprint density at radius 2 is 1.82 bits per heavy atom. The lowest BCUT2D eigenvalue weighted by Crippen LogP contribution is -2.42. The lowest BCUT2D eigenvalue weighted by Gasteiger charge is -2.43. The molecule has 0 saturated carbocycles. The summed E-state index contributed by atoms with van der Waals surface area (Å²) in [6, 6.07) is 12.9. The number of aryl methyl sites for hydroxylation is 1. The minimum Gasteiger partial charge on any atom is -0.487 e. The summed E-state index contributed by atoms with van der Waals surface area (Å²) in [6.07, 6.45) is 0.507. The first-order valence-electron chi connectivity index (χ1n) is 13.8. The summed E-state index contributed by atoms with van der Waals surface area (Å²) in [5.74, 6) is -2.16. The van der Waals surface area contributed by atoms with E-state index in [1.165, 1.54) is 23.1 Å². The van der Waals surface area contributed by atoms with Gasteiger partial charge in [-0.1, -0.05) is 43.1 Å². The van der Waals surface area contributed by atoms with Gasteiger partial charge in [0.05, 0.1) is 33.6 Å². The summed E-state index contributed by atoms with van der Waals surface area (Å²) in [7, 11) is 0. The van der Waals surface area contributed by atoms with Crippen molar-refractivity contribution in [3.05, 3.63) is 120 Å². The number of hydrogen-bond donors (Lipinski definition) is 1. The Morgan fingerprint density at radius 3 is 2.48 bits per heavy atom. The summed E-state index contributed by atoms with van der Waals surface area (Å²) in [5, 5.41) is 22.6.